The fraction of sp³-hybridized carbons (Fsp3) is 0.0909. The maximum atomic E-state index is 13.4. The second-order valence-corrected chi connectivity index (χ2v) is 3.19. The van der Waals surface area contributed by atoms with Crippen LogP contribution in [0.2, 0.25) is 0 Å². The van der Waals surface area contributed by atoms with Crippen LogP contribution < -0.4 is 0 Å². The summed E-state index contributed by atoms with van der Waals surface area (Å²) < 4.78 is 35.3. The van der Waals surface area contributed by atoms with Gasteiger partial charge in [0, 0.05) is 12.1 Å². The van der Waals surface area contributed by atoms with Gasteiger partial charge in [0.1, 0.15) is 11.6 Å². The van der Waals surface area contributed by atoms with E-state index in [1.807, 2.05) is 0 Å². The third-order valence-corrected chi connectivity index (χ3v) is 2.10. The molecule has 0 amide bonds. The van der Waals surface area contributed by atoms with Crippen molar-refractivity contribution in [3.63, 3.8) is 0 Å². The van der Waals surface area contributed by atoms with Crippen LogP contribution >= 0.6 is 0 Å². The van der Waals surface area contributed by atoms with E-state index >= 15 is 0 Å². The Bertz CT molecular complexity index is 566. The van der Waals surface area contributed by atoms with Crippen molar-refractivity contribution in [2.75, 3.05) is 7.11 Å². The molecule has 0 aliphatic rings. The Balaban J connectivity index is 2.40. The minimum Gasteiger partial charge on any atom is -0.464 e. The molecule has 0 atom stereocenters. The van der Waals surface area contributed by atoms with E-state index in [0.29, 0.717) is 0 Å². The molecule has 4 nitrogen and oxygen atoms in total. The number of hydrogen-bond donors (Lipinski definition) is 0. The van der Waals surface area contributed by atoms with Crippen LogP contribution in [0, 0.1) is 11.6 Å². The number of methoxy groups -OCH3 is 1. The number of carbonyl (C=O) groups excluding carboxylic acids is 1. The molecule has 1 aromatic heterocycles. The zero-order valence-electron chi connectivity index (χ0n) is 8.74. The van der Waals surface area contributed by atoms with Gasteiger partial charge in [-0.1, -0.05) is 5.16 Å². The minimum atomic E-state index is -0.794. The quantitative estimate of drug-likeness (QED) is 0.755. The van der Waals surface area contributed by atoms with Crippen molar-refractivity contribution >= 4 is 5.97 Å². The molecule has 6 heteroatoms. The van der Waals surface area contributed by atoms with Crippen LogP contribution in [0.3, 0.4) is 0 Å². The highest BCUT2D eigenvalue weighted by atomic mass is 19.1. The van der Waals surface area contributed by atoms with Crippen LogP contribution in [0.1, 0.15) is 10.5 Å². The molecular formula is C11H7F2NO3. The molecule has 0 N–H and O–H groups in total. The number of rotatable bonds is 2. The number of esters is 1. The van der Waals surface area contributed by atoms with E-state index in [4.69, 9.17) is 4.52 Å². The predicted molar refractivity (Wildman–Crippen MR) is 53.2 cm³/mol. The van der Waals surface area contributed by atoms with Gasteiger partial charge in [-0.2, -0.15) is 0 Å². The maximum Gasteiger partial charge on any atom is 0.360 e. The third-order valence-electron chi connectivity index (χ3n) is 2.10. The summed E-state index contributed by atoms with van der Waals surface area (Å²) in [6.45, 7) is 0. The molecule has 2 rings (SSSR count). The Hall–Kier alpha value is -2.24. The van der Waals surface area contributed by atoms with Crippen molar-refractivity contribution in [3.05, 3.63) is 41.6 Å². The van der Waals surface area contributed by atoms with Crippen molar-refractivity contribution < 1.29 is 22.8 Å². The van der Waals surface area contributed by atoms with E-state index in [-0.39, 0.29) is 17.0 Å². The SMILES string of the molecule is COC(=O)c1cc(-c2ccc(F)cc2F)on1. The standard InChI is InChI=1S/C11H7F2NO3/c1-16-11(15)9-5-10(17-14-9)7-3-2-6(12)4-8(7)13/h2-5H,1H3. The molecular weight excluding hydrogens is 232 g/mol. The molecule has 1 aromatic carbocycles. The molecule has 0 aliphatic heterocycles. The Kier molecular flexibility index (Phi) is 2.86. The summed E-state index contributed by atoms with van der Waals surface area (Å²) in [5.74, 6) is -2.15. The second kappa shape index (κ2) is 4.32. The van der Waals surface area contributed by atoms with E-state index < -0.39 is 17.6 Å². The number of ether oxygens (including phenoxy) is 1. The number of hydrogen-bond acceptors (Lipinski definition) is 4. The van der Waals surface area contributed by atoms with Gasteiger partial charge in [0.15, 0.2) is 11.5 Å². The topological polar surface area (TPSA) is 52.3 Å². The van der Waals surface area contributed by atoms with Crippen LogP contribution in [0.5, 0.6) is 0 Å². The number of carbonyl (C=O) groups is 1. The zero-order valence-corrected chi connectivity index (χ0v) is 8.74. The second-order valence-electron chi connectivity index (χ2n) is 3.19. The lowest BCUT2D eigenvalue weighted by Gasteiger charge is -1.97. The highest BCUT2D eigenvalue weighted by molar-refractivity contribution is 5.88. The summed E-state index contributed by atoms with van der Waals surface area (Å²) in [7, 11) is 1.19. The number of nitrogens with zero attached hydrogens (tertiary/aromatic N) is 1. The molecule has 0 spiro atoms. The van der Waals surface area contributed by atoms with Gasteiger partial charge < -0.3 is 9.26 Å². The van der Waals surface area contributed by atoms with Crippen LogP contribution in [0.25, 0.3) is 11.3 Å². The summed E-state index contributed by atoms with van der Waals surface area (Å²) in [5.41, 5.74) is -0.0553. The van der Waals surface area contributed by atoms with Gasteiger partial charge in [0.05, 0.1) is 12.7 Å². The third kappa shape index (κ3) is 2.15. The van der Waals surface area contributed by atoms with Gasteiger partial charge in [-0.3, -0.25) is 0 Å². The summed E-state index contributed by atoms with van der Waals surface area (Å²) >= 11 is 0. The van der Waals surface area contributed by atoms with Crippen molar-refractivity contribution in [2.24, 2.45) is 0 Å². The first-order valence-corrected chi connectivity index (χ1v) is 4.62. The maximum absolute atomic E-state index is 13.4. The smallest absolute Gasteiger partial charge is 0.360 e. The zero-order chi connectivity index (χ0) is 12.4. The minimum absolute atomic E-state index is 0.0223. The van der Waals surface area contributed by atoms with Gasteiger partial charge in [-0.15, -0.1) is 0 Å². The lowest BCUT2D eigenvalue weighted by atomic mass is 10.1. The molecule has 0 radical (unpaired) electrons. The van der Waals surface area contributed by atoms with Gasteiger partial charge in [-0.25, -0.2) is 13.6 Å². The van der Waals surface area contributed by atoms with Crippen molar-refractivity contribution in [3.8, 4) is 11.3 Å². The highest BCUT2D eigenvalue weighted by Crippen LogP contribution is 2.24. The lowest BCUT2D eigenvalue weighted by molar-refractivity contribution is 0.0589. The van der Waals surface area contributed by atoms with Crippen molar-refractivity contribution in [1.29, 1.82) is 0 Å². The molecule has 0 saturated carbocycles. The van der Waals surface area contributed by atoms with E-state index in [0.717, 1.165) is 12.1 Å². The molecule has 0 bridgehead atoms. The van der Waals surface area contributed by atoms with Crippen LogP contribution in [0.4, 0.5) is 8.78 Å². The Morgan fingerprint density at radius 3 is 2.76 bits per heavy atom. The summed E-state index contributed by atoms with van der Waals surface area (Å²) in [6.07, 6.45) is 0. The molecule has 2 aromatic rings. The Labute approximate surface area is 94.8 Å². The molecule has 1 heterocycles. The highest BCUT2D eigenvalue weighted by Gasteiger charge is 2.16. The molecule has 88 valence electrons. The average molecular weight is 239 g/mol. The summed E-state index contributed by atoms with van der Waals surface area (Å²) in [5, 5.41) is 3.42. The molecule has 17 heavy (non-hydrogen) atoms. The first-order chi connectivity index (χ1) is 8.11. The van der Waals surface area contributed by atoms with Gasteiger partial charge >= 0.3 is 5.97 Å². The average Bonchev–Trinajstić information content (AvgIpc) is 2.77. The van der Waals surface area contributed by atoms with E-state index in [9.17, 15) is 13.6 Å². The molecule has 0 aliphatic carbocycles. The Morgan fingerprint density at radius 2 is 2.12 bits per heavy atom. The number of aromatic nitrogens is 1. The first-order valence-electron chi connectivity index (χ1n) is 4.62. The summed E-state index contributed by atoms with van der Waals surface area (Å²) in [4.78, 5) is 11.1. The van der Waals surface area contributed by atoms with Crippen molar-refractivity contribution in [2.45, 2.75) is 0 Å². The van der Waals surface area contributed by atoms with Gasteiger partial charge in [-0.05, 0) is 12.1 Å². The molecule has 0 unspecified atom stereocenters. The fourth-order valence-corrected chi connectivity index (χ4v) is 1.29. The molecule has 0 saturated heterocycles. The van der Waals surface area contributed by atoms with Gasteiger partial charge in [0.25, 0.3) is 0 Å². The van der Waals surface area contributed by atoms with E-state index in [1.165, 1.54) is 19.2 Å². The van der Waals surface area contributed by atoms with Crippen LogP contribution in [-0.4, -0.2) is 18.2 Å². The number of halogens is 2. The monoisotopic (exact) mass is 239 g/mol. The van der Waals surface area contributed by atoms with Crippen molar-refractivity contribution in [1.82, 2.24) is 5.16 Å². The largest absolute Gasteiger partial charge is 0.464 e. The fourth-order valence-electron chi connectivity index (χ4n) is 1.29. The van der Waals surface area contributed by atoms with Crippen LogP contribution in [-0.2, 0) is 4.74 Å². The van der Waals surface area contributed by atoms with Gasteiger partial charge in [0.2, 0.25) is 0 Å². The van der Waals surface area contributed by atoms with E-state index in [2.05, 4.69) is 9.89 Å². The molecule has 0 fully saturated rings. The predicted octanol–water partition coefficient (Wildman–Crippen LogP) is 2.41. The normalized spacial score (nSPS) is 10.3. The van der Waals surface area contributed by atoms with E-state index in [1.54, 1.807) is 0 Å². The Morgan fingerprint density at radius 1 is 1.35 bits per heavy atom. The lowest BCUT2D eigenvalue weighted by Crippen LogP contribution is -2.00. The number of benzene rings is 1. The first kappa shape index (κ1) is 11.3. The summed E-state index contributed by atoms with van der Waals surface area (Å²) in [6, 6.07) is 4.23. The van der Waals surface area contributed by atoms with Crippen LogP contribution in [0.15, 0.2) is 28.8 Å².